The molecule has 0 aliphatic carbocycles. The predicted molar refractivity (Wildman–Crippen MR) is 111 cm³/mol. The number of hydrogen-bond donors (Lipinski definition) is 1. The first-order valence-corrected chi connectivity index (χ1v) is 10.6. The van der Waals surface area contributed by atoms with Gasteiger partial charge in [0.1, 0.15) is 5.82 Å². The third-order valence-corrected chi connectivity index (χ3v) is 6.68. The van der Waals surface area contributed by atoms with E-state index < -0.39 is 24.2 Å². The summed E-state index contributed by atoms with van der Waals surface area (Å²) < 4.78 is 44.0. The zero-order valence-corrected chi connectivity index (χ0v) is 18.4. The molecule has 166 valence electrons. The maximum absolute atomic E-state index is 13.8. The Kier molecular flexibility index (Phi) is 5.32. The quantitative estimate of drug-likeness (QED) is 0.644. The average Bonchev–Trinajstić information content (AvgIpc) is 3.42. The SMILES string of the molecule is Cc1nn(C)c(C)c1CN(C)C(=O)c1cc2n(n1)[C@H](C(F)(F)F)C[C@H](c1cccs1)N2. The largest absolute Gasteiger partial charge is 0.410 e. The van der Waals surface area contributed by atoms with Gasteiger partial charge in [-0.1, -0.05) is 6.07 Å². The number of nitrogens with zero attached hydrogens (tertiary/aromatic N) is 5. The van der Waals surface area contributed by atoms with Crippen LogP contribution in [0.3, 0.4) is 0 Å². The monoisotopic (exact) mass is 452 g/mol. The normalized spacial score (nSPS) is 18.5. The Bertz CT molecular complexity index is 1100. The van der Waals surface area contributed by atoms with Crippen LogP contribution in [0.2, 0.25) is 0 Å². The molecule has 31 heavy (non-hydrogen) atoms. The minimum Gasteiger partial charge on any atom is -0.363 e. The van der Waals surface area contributed by atoms with E-state index in [0.717, 1.165) is 26.5 Å². The zero-order valence-electron chi connectivity index (χ0n) is 17.6. The third-order valence-electron chi connectivity index (χ3n) is 5.70. The van der Waals surface area contributed by atoms with Gasteiger partial charge in [-0.2, -0.15) is 23.4 Å². The molecule has 0 saturated heterocycles. The van der Waals surface area contributed by atoms with E-state index in [1.165, 1.54) is 22.3 Å². The lowest BCUT2D eigenvalue weighted by Crippen LogP contribution is -2.35. The number of aryl methyl sites for hydroxylation is 2. The fraction of sp³-hybridized carbons (Fsp3) is 0.450. The Morgan fingerprint density at radius 2 is 2.10 bits per heavy atom. The van der Waals surface area contributed by atoms with Crippen LogP contribution in [0.4, 0.5) is 19.0 Å². The topological polar surface area (TPSA) is 68.0 Å². The fourth-order valence-corrected chi connectivity index (χ4v) is 4.70. The molecule has 2 atom stereocenters. The molecule has 7 nitrogen and oxygen atoms in total. The third kappa shape index (κ3) is 3.93. The van der Waals surface area contributed by atoms with E-state index in [1.807, 2.05) is 32.3 Å². The Balaban J connectivity index is 1.62. The van der Waals surface area contributed by atoms with Crippen molar-refractivity contribution in [2.75, 3.05) is 12.4 Å². The summed E-state index contributed by atoms with van der Waals surface area (Å²) >= 11 is 1.40. The molecule has 0 aromatic carbocycles. The molecule has 4 heterocycles. The number of carbonyl (C=O) groups is 1. The average molecular weight is 453 g/mol. The van der Waals surface area contributed by atoms with Crippen molar-refractivity contribution in [2.24, 2.45) is 7.05 Å². The number of amides is 1. The summed E-state index contributed by atoms with van der Waals surface area (Å²) in [5.74, 6) is -0.252. The molecule has 0 saturated carbocycles. The van der Waals surface area contributed by atoms with Gasteiger partial charge >= 0.3 is 6.18 Å². The van der Waals surface area contributed by atoms with Crippen LogP contribution in [-0.4, -0.2) is 43.6 Å². The number of anilines is 1. The molecule has 1 aliphatic rings. The van der Waals surface area contributed by atoms with E-state index in [9.17, 15) is 18.0 Å². The van der Waals surface area contributed by atoms with Gasteiger partial charge in [0.2, 0.25) is 0 Å². The van der Waals surface area contributed by atoms with E-state index in [0.29, 0.717) is 6.54 Å². The van der Waals surface area contributed by atoms with Gasteiger partial charge in [-0.25, -0.2) is 4.68 Å². The molecule has 0 radical (unpaired) electrons. The maximum Gasteiger partial charge on any atom is 0.410 e. The second kappa shape index (κ2) is 7.70. The molecule has 0 unspecified atom stereocenters. The number of alkyl halides is 3. The van der Waals surface area contributed by atoms with Crippen LogP contribution < -0.4 is 5.32 Å². The fourth-order valence-electron chi connectivity index (χ4n) is 3.90. The highest BCUT2D eigenvalue weighted by Crippen LogP contribution is 2.44. The zero-order chi connectivity index (χ0) is 22.5. The molecule has 11 heteroatoms. The van der Waals surface area contributed by atoms with Gasteiger partial charge in [0.05, 0.1) is 11.7 Å². The lowest BCUT2D eigenvalue weighted by atomic mass is 10.0. The number of fused-ring (bicyclic) bond motifs is 1. The van der Waals surface area contributed by atoms with Crippen molar-refractivity contribution in [3.05, 3.63) is 51.1 Å². The van der Waals surface area contributed by atoms with Crippen molar-refractivity contribution >= 4 is 23.1 Å². The van der Waals surface area contributed by atoms with Crippen molar-refractivity contribution in [1.29, 1.82) is 0 Å². The molecule has 3 aromatic heterocycles. The van der Waals surface area contributed by atoms with Gasteiger partial charge in [0, 0.05) is 49.3 Å². The van der Waals surface area contributed by atoms with Gasteiger partial charge in [0.25, 0.3) is 5.91 Å². The first kappa shape index (κ1) is 21.4. The van der Waals surface area contributed by atoms with Crippen LogP contribution in [0, 0.1) is 13.8 Å². The number of halogens is 3. The number of aromatic nitrogens is 4. The van der Waals surface area contributed by atoms with Crippen LogP contribution in [0.15, 0.2) is 23.6 Å². The van der Waals surface area contributed by atoms with Gasteiger partial charge in [-0.3, -0.25) is 9.48 Å². The smallest absolute Gasteiger partial charge is 0.363 e. The minimum atomic E-state index is -4.48. The molecule has 3 aromatic rings. The van der Waals surface area contributed by atoms with Crippen molar-refractivity contribution < 1.29 is 18.0 Å². The molecule has 0 spiro atoms. The lowest BCUT2D eigenvalue weighted by molar-refractivity contribution is -0.173. The maximum atomic E-state index is 13.8. The van der Waals surface area contributed by atoms with E-state index in [-0.39, 0.29) is 17.9 Å². The molecule has 1 aliphatic heterocycles. The molecule has 1 N–H and O–H groups in total. The van der Waals surface area contributed by atoms with E-state index in [1.54, 1.807) is 17.8 Å². The summed E-state index contributed by atoms with van der Waals surface area (Å²) in [5.41, 5.74) is 2.62. The Morgan fingerprint density at radius 3 is 2.68 bits per heavy atom. The highest BCUT2D eigenvalue weighted by Gasteiger charge is 2.47. The van der Waals surface area contributed by atoms with E-state index in [2.05, 4.69) is 15.5 Å². The molecule has 0 bridgehead atoms. The van der Waals surface area contributed by atoms with Crippen molar-refractivity contribution in [1.82, 2.24) is 24.5 Å². The Morgan fingerprint density at radius 1 is 1.35 bits per heavy atom. The van der Waals surface area contributed by atoms with Gasteiger partial charge in [-0.05, 0) is 25.3 Å². The Hall–Kier alpha value is -2.82. The number of rotatable bonds is 4. The van der Waals surface area contributed by atoms with Crippen molar-refractivity contribution in [3.8, 4) is 0 Å². The predicted octanol–water partition coefficient (Wildman–Crippen LogP) is 4.23. The second-order valence-corrected chi connectivity index (χ2v) is 8.78. The minimum absolute atomic E-state index is 0.0229. The lowest BCUT2D eigenvalue weighted by Gasteiger charge is -2.32. The van der Waals surface area contributed by atoms with Crippen molar-refractivity contribution in [3.63, 3.8) is 0 Å². The van der Waals surface area contributed by atoms with Gasteiger partial charge in [-0.15, -0.1) is 11.3 Å². The number of thiophene rings is 1. The summed E-state index contributed by atoms with van der Waals surface area (Å²) in [5, 5.41) is 13.3. The summed E-state index contributed by atoms with van der Waals surface area (Å²) in [6, 6.07) is 2.73. The summed E-state index contributed by atoms with van der Waals surface area (Å²) in [6.07, 6.45) is -4.66. The van der Waals surface area contributed by atoms with Crippen LogP contribution in [0.5, 0.6) is 0 Å². The van der Waals surface area contributed by atoms with Gasteiger partial charge in [0.15, 0.2) is 11.7 Å². The molecular weight excluding hydrogens is 429 g/mol. The van der Waals surface area contributed by atoms with Crippen LogP contribution in [-0.2, 0) is 13.6 Å². The summed E-state index contributed by atoms with van der Waals surface area (Å²) in [7, 11) is 3.43. The number of hydrogen-bond acceptors (Lipinski definition) is 5. The second-order valence-electron chi connectivity index (χ2n) is 7.80. The van der Waals surface area contributed by atoms with E-state index >= 15 is 0 Å². The molecule has 1 amide bonds. The Labute approximate surface area is 181 Å². The molecular formula is C20H23F3N6OS. The first-order chi connectivity index (χ1) is 14.6. The van der Waals surface area contributed by atoms with E-state index in [4.69, 9.17) is 0 Å². The number of carbonyl (C=O) groups excluding carboxylic acids is 1. The first-order valence-electron chi connectivity index (χ1n) is 9.77. The highest BCUT2D eigenvalue weighted by molar-refractivity contribution is 7.10. The molecule has 0 fully saturated rings. The molecule has 4 rings (SSSR count). The summed E-state index contributed by atoms with van der Waals surface area (Å²) in [4.78, 5) is 15.2. The van der Waals surface area contributed by atoms with Crippen LogP contribution in [0.25, 0.3) is 0 Å². The summed E-state index contributed by atoms with van der Waals surface area (Å²) in [6.45, 7) is 4.06. The highest BCUT2D eigenvalue weighted by atomic mass is 32.1. The number of nitrogens with one attached hydrogen (secondary N) is 1. The van der Waals surface area contributed by atoms with Crippen LogP contribution in [0.1, 0.15) is 50.8 Å². The standard InChI is InChI=1S/C20H23F3N6OS/c1-11-13(12(2)28(4)25-11)10-27(3)19(30)15-9-18-24-14(16-6-5-7-31-16)8-17(20(21,22)23)29(18)26-15/h5-7,9,14,17,24H,8,10H2,1-4H3/t14-,17+/m1/s1. The van der Waals surface area contributed by atoms with Crippen molar-refractivity contribution in [2.45, 2.75) is 45.1 Å². The van der Waals surface area contributed by atoms with Gasteiger partial charge < -0.3 is 10.2 Å². The van der Waals surface area contributed by atoms with Crippen LogP contribution >= 0.6 is 11.3 Å².